The first kappa shape index (κ1) is 11.2. The van der Waals surface area contributed by atoms with Crippen molar-refractivity contribution in [2.75, 3.05) is 6.61 Å². The molecule has 0 amide bonds. The van der Waals surface area contributed by atoms with E-state index >= 15 is 0 Å². The van der Waals surface area contributed by atoms with E-state index in [0.717, 1.165) is 0 Å². The van der Waals surface area contributed by atoms with Gasteiger partial charge in [-0.25, -0.2) is 0 Å². The fraction of sp³-hybridized carbons (Fsp3) is 0.556. The van der Waals surface area contributed by atoms with Gasteiger partial charge in [-0.2, -0.15) is 5.26 Å². The Hall–Kier alpha value is -1.90. The van der Waals surface area contributed by atoms with Gasteiger partial charge < -0.3 is 4.74 Å². The molecule has 1 heterocycles. The molecule has 1 aromatic rings. The Bertz CT molecular complexity index is 380. The Morgan fingerprint density at radius 1 is 1.80 bits per heavy atom. The van der Waals surface area contributed by atoms with Gasteiger partial charge in [0.15, 0.2) is 0 Å². The fourth-order valence-corrected chi connectivity index (χ4v) is 1.12. The van der Waals surface area contributed by atoms with Gasteiger partial charge in [0.2, 0.25) is 0 Å². The van der Waals surface area contributed by atoms with Crippen molar-refractivity contribution >= 4 is 5.97 Å². The zero-order chi connectivity index (χ0) is 11.3. The van der Waals surface area contributed by atoms with Crippen molar-refractivity contribution in [3.8, 4) is 6.07 Å². The highest BCUT2D eigenvalue weighted by Crippen LogP contribution is 2.06. The zero-order valence-electron chi connectivity index (χ0n) is 8.67. The molecule has 0 saturated carbocycles. The van der Waals surface area contributed by atoms with E-state index in [2.05, 4.69) is 10.3 Å². The molecule has 0 aliphatic heterocycles. The van der Waals surface area contributed by atoms with Crippen LogP contribution in [0.4, 0.5) is 0 Å². The minimum Gasteiger partial charge on any atom is -0.465 e. The molecule has 0 N–H and O–H groups in total. The second-order valence-corrected chi connectivity index (χ2v) is 3.02. The average Bonchev–Trinajstić information content (AvgIpc) is 2.61. The lowest BCUT2D eigenvalue weighted by Gasteiger charge is -2.05. The van der Waals surface area contributed by atoms with E-state index in [1.54, 1.807) is 20.2 Å². The van der Waals surface area contributed by atoms with Crippen LogP contribution in [0.1, 0.15) is 12.6 Å². The summed E-state index contributed by atoms with van der Waals surface area (Å²) in [5, 5.41) is 16.3. The highest BCUT2D eigenvalue weighted by Gasteiger charge is 2.20. The van der Waals surface area contributed by atoms with E-state index in [0.29, 0.717) is 5.69 Å². The molecular formula is C9H12N4O2. The molecule has 0 radical (unpaired) electrons. The fourth-order valence-electron chi connectivity index (χ4n) is 1.12. The smallest absolute Gasteiger partial charge is 0.323 e. The summed E-state index contributed by atoms with van der Waals surface area (Å²) in [6.45, 7) is 1.98. The highest BCUT2D eigenvalue weighted by atomic mass is 16.5. The molecule has 0 fully saturated rings. The number of ether oxygens (including phenoxy) is 1. The molecule has 0 aliphatic carbocycles. The maximum atomic E-state index is 11.3. The third-order valence-corrected chi connectivity index (χ3v) is 1.79. The third-order valence-electron chi connectivity index (χ3n) is 1.79. The number of nitrogens with zero attached hydrogens (tertiary/aromatic N) is 4. The molecule has 0 aliphatic rings. The Morgan fingerprint density at radius 2 is 2.53 bits per heavy atom. The SMILES string of the molecule is CCOC(=O)C(C#N)Cc1cn(C)nn1. The lowest BCUT2D eigenvalue weighted by molar-refractivity contribution is -0.145. The third kappa shape index (κ3) is 3.06. The molecule has 1 rings (SSSR count). The van der Waals surface area contributed by atoms with Crippen LogP contribution in [0, 0.1) is 17.2 Å². The molecule has 15 heavy (non-hydrogen) atoms. The van der Waals surface area contributed by atoms with Gasteiger partial charge in [-0.1, -0.05) is 5.21 Å². The molecule has 1 aromatic heterocycles. The normalized spacial score (nSPS) is 11.8. The summed E-state index contributed by atoms with van der Waals surface area (Å²) in [7, 11) is 1.72. The van der Waals surface area contributed by atoms with Crippen molar-refractivity contribution in [3.63, 3.8) is 0 Å². The van der Waals surface area contributed by atoms with E-state index in [4.69, 9.17) is 10.00 Å². The Balaban J connectivity index is 2.62. The first-order valence-corrected chi connectivity index (χ1v) is 4.58. The van der Waals surface area contributed by atoms with Crippen molar-refractivity contribution in [1.82, 2.24) is 15.0 Å². The van der Waals surface area contributed by atoms with Gasteiger partial charge in [0.25, 0.3) is 0 Å². The van der Waals surface area contributed by atoms with E-state index in [1.165, 1.54) is 4.68 Å². The topological polar surface area (TPSA) is 80.8 Å². The number of nitriles is 1. The molecule has 0 aromatic carbocycles. The number of rotatable bonds is 4. The summed E-state index contributed by atoms with van der Waals surface area (Å²) in [5.74, 6) is -1.31. The molecular weight excluding hydrogens is 196 g/mol. The zero-order valence-corrected chi connectivity index (χ0v) is 8.67. The van der Waals surface area contributed by atoms with E-state index < -0.39 is 11.9 Å². The maximum absolute atomic E-state index is 11.3. The van der Waals surface area contributed by atoms with E-state index in [1.807, 2.05) is 6.07 Å². The van der Waals surface area contributed by atoms with Crippen molar-refractivity contribution in [1.29, 1.82) is 5.26 Å². The van der Waals surface area contributed by atoms with Crippen molar-refractivity contribution in [2.45, 2.75) is 13.3 Å². The van der Waals surface area contributed by atoms with Crippen LogP contribution in [0.3, 0.4) is 0 Å². The number of esters is 1. The van der Waals surface area contributed by atoms with E-state index in [-0.39, 0.29) is 13.0 Å². The largest absolute Gasteiger partial charge is 0.465 e. The number of carbonyl (C=O) groups excluding carboxylic acids is 1. The molecule has 1 atom stereocenters. The van der Waals surface area contributed by atoms with Crippen LogP contribution in [0.15, 0.2) is 6.20 Å². The number of hydrogen-bond donors (Lipinski definition) is 0. The van der Waals surface area contributed by atoms with E-state index in [9.17, 15) is 4.79 Å². The van der Waals surface area contributed by atoms with Gasteiger partial charge >= 0.3 is 5.97 Å². The number of aromatic nitrogens is 3. The molecule has 1 unspecified atom stereocenters. The molecule has 0 bridgehead atoms. The molecule has 6 heteroatoms. The summed E-state index contributed by atoms with van der Waals surface area (Å²) in [6.07, 6.45) is 1.91. The standard InChI is InChI=1S/C9H12N4O2/c1-3-15-9(14)7(5-10)4-8-6-13(2)12-11-8/h6-7H,3-4H2,1-2H3. The molecule has 6 nitrogen and oxygen atoms in total. The van der Waals surface area contributed by atoms with Crippen LogP contribution in [-0.2, 0) is 23.0 Å². The van der Waals surface area contributed by atoms with Crippen molar-refractivity contribution in [2.24, 2.45) is 13.0 Å². The molecule has 80 valence electrons. The van der Waals surface area contributed by atoms with Crippen LogP contribution in [0.2, 0.25) is 0 Å². The molecule has 0 saturated heterocycles. The van der Waals surface area contributed by atoms with Gasteiger partial charge in [0, 0.05) is 19.7 Å². The van der Waals surface area contributed by atoms with Gasteiger partial charge in [0.05, 0.1) is 18.4 Å². The summed E-state index contributed by atoms with van der Waals surface area (Å²) in [4.78, 5) is 11.3. The van der Waals surface area contributed by atoms with Gasteiger partial charge in [-0.3, -0.25) is 9.48 Å². The van der Waals surface area contributed by atoms with Gasteiger partial charge in [-0.05, 0) is 6.92 Å². The first-order valence-electron chi connectivity index (χ1n) is 4.58. The monoisotopic (exact) mass is 208 g/mol. The number of aryl methyl sites for hydroxylation is 1. The lowest BCUT2D eigenvalue weighted by atomic mass is 10.1. The lowest BCUT2D eigenvalue weighted by Crippen LogP contribution is -2.18. The summed E-state index contributed by atoms with van der Waals surface area (Å²) in [6, 6.07) is 1.89. The Labute approximate surface area is 87.4 Å². The van der Waals surface area contributed by atoms with Gasteiger partial charge in [-0.15, -0.1) is 5.10 Å². The Morgan fingerprint density at radius 3 is 3.00 bits per heavy atom. The van der Waals surface area contributed by atoms with Gasteiger partial charge in [0.1, 0.15) is 5.92 Å². The minimum atomic E-state index is -0.804. The maximum Gasteiger partial charge on any atom is 0.323 e. The Kier molecular flexibility index (Phi) is 3.80. The predicted molar refractivity (Wildman–Crippen MR) is 50.4 cm³/mol. The summed E-state index contributed by atoms with van der Waals surface area (Å²) in [5.41, 5.74) is 0.608. The van der Waals surface area contributed by atoms with Crippen LogP contribution in [-0.4, -0.2) is 27.6 Å². The first-order chi connectivity index (χ1) is 7.17. The van der Waals surface area contributed by atoms with Crippen molar-refractivity contribution < 1.29 is 9.53 Å². The summed E-state index contributed by atoms with van der Waals surface area (Å²) >= 11 is 0. The second kappa shape index (κ2) is 5.10. The van der Waals surface area contributed by atoms with Crippen molar-refractivity contribution in [3.05, 3.63) is 11.9 Å². The van der Waals surface area contributed by atoms with Crippen LogP contribution < -0.4 is 0 Å². The summed E-state index contributed by atoms with van der Waals surface area (Å²) < 4.78 is 6.28. The van der Waals surface area contributed by atoms with Crippen LogP contribution in [0.5, 0.6) is 0 Å². The minimum absolute atomic E-state index is 0.239. The number of hydrogen-bond acceptors (Lipinski definition) is 5. The quantitative estimate of drug-likeness (QED) is 0.653. The molecule has 0 spiro atoms. The second-order valence-electron chi connectivity index (χ2n) is 3.02. The highest BCUT2D eigenvalue weighted by molar-refractivity contribution is 5.75. The van der Waals surface area contributed by atoms with Crippen LogP contribution in [0.25, 0.3) is 0 Å². The average molecular weight is 208 g/mol. The van der Waals surface area contributed by atoms with Crippen LogP contribution >= 0.6 is 0 Å². The number of carbonyl (C=O) groups is 1. The predicted octanol–water partition coefficient (Wildman–Crippen LogP) is 0.0605.